The van der Waals surface area contributed by atoms with Crippen LogP contribution < -0.4 is 0 Å². The van der Waals surface area contributed by atoms with E-state index in [-0.39, 0.29) is 11.2 Å². The fourth-order valence-corrected chi connectivity index (χ4v) is 4.39. The number of likely N-dealkylation sites (tertiary alicyclic amines) is 1. The van der Waals surface area contributed by atoms with Crippen LogP contribution in [0.4, 0.5) is 0 Å². The summed E-state index contributed by atoms with van der Waals surface area (Å²) in [6.45, 7) is 6.51. The Bertz CT molecular complexity index is 825. The molecule has 4 atom stereocenters. The molecule has 2 aromatic carbocycles. The third-order valence-electron chi connectivity index (χ3n) is 6.55. The minimum Gasteiger partial charge on any atom is -0.508 e. The van der Waals surface area contributed by atoms with Gasteiger partial charge in [0.25, 0.3) is 0 Å². The van der Waals surface area contributed by atoms with Crippen LogP contribution in [0.5, 0.6) is 5.75 Å². The Hall–Kier alpha value is -2.37. The Labute approximate surface area is 172 Å². The molecular formula is C24H31NO4. The predicted molar refractivity (Wildman–Crippen MR) is 113 cm³/mol. The summed E-state index contributed by atoms with van der Waals surface area (Å²) in [4.78, 5) is 14.7. The largest absolute Gasteiger partial charge is 0.508 e. The zero-order chi connectivity index (χ0) is 21.0. The molecule has 0 saturated carbocycles. The number of carbonyl (C=O) groups excluding carboxylic acids is 1. The second-order valence-electron chi connectivity index (χ2n) is 8.36. The molecule has 5 nitrogen and oxygen atoms in total. The van der Waals surface area contributed by atoms with Crippen LogP contribution in [0.15, 0.2) is 54.6 Å². The first-order chi connectivity index (χ1) is 13.8. The maximum Gasteiger partial charge on any atom is 0.312 e. The summed E-state index contributed by atoms with van der Waals surface area (Å²) in [5.74, 6) is -0.421. The lowest BCUT2D eigenvalue weighted by Gasteiger charge is -2.46. The third kappa shape index (κ3) is 4.62. The number of piperidine rings is 1. The van der Waals surface area contributed by atoms with E-state index in [1.807, 2.05) is 42.5 Å². The van der Waals surface area contributed by atoms with Gasteiger partial charge >= 0.3 is 5.97 Å². The molecule has 2 N–H and O–H groups in total. The van der Waals surface area contributed by atoms with Crippen LogP contribution in [0.25, 0.3) is 0 Å². The number of aromatic hydroxyl groups is 1. The number of hydrogen-bond acceptors (Lipinski definition) is 5. The number of nitrogens with zero attached hydrogens (tertiary/aromatic N) is 1. The molecule has 1 heterocycles. The molecule has 1 saturated heterocycles. The monoisotopic (exact) mass is 397 g/mol. The molecule has 156 valence electrons. The van der Waals surface area contributed by atoms with Crippen molar-refractivity contribution in [2.24, 2.45) is 11.8 Å². The van der Waals surface area contributed by atoms with Crippen LogP contribution in [0.3, 0.4) is 0 Å². The highest BCUT2D eigenvalue weighted by atomic mass is 16.5. The van der Waals surface area contributed by atoms with Gasteiger partial charge in [-0.2, -0.15) is 0 Å². The van der Waals surface area contributed by atoms with Gasteiger partial charge < -0.3 is 19.8 Å². The Morgan fingerprint density at radius 2 is 1.97 bits per heavy atom. The van der Waals surface area contributed by atoms with Crippen LogP contribution >= 0.6 is 0 Å². The molecule has 1 fully saturated rings. The Morgan fingerprint density at radius 1 is 1.24 bits per heavy atom. The van der Waals surface area contributed by atoms with E-state index in [0.29, 0.717) is 12.5 Å². The minimum absolute atomic E-state index is 0.0476. The standard InChI is InChI=1S/C24H31NO4/c1-17-15-25(13-12-24(17,2)19-10-7-11-20(26)14-19)16-21(23(28)29-3)22(27)18-8-5-4-6-9-18/h4-11,14,17,21-22,26-27H,12-13,15-16H2,1-3H3/t17-,21-,22-,24+/m0/s1. The summed E-state index contributed by atoms with van der Waals surface area (Å²) < 4.78 is 4.99. The first-order valence-corrected chi connectivity index (χ1v) is 10.2. The average Bonchev–Trinajstić information content (AvgIpc) is 2.74. The average molecular weight is 398 g/mol. The van der Waals surface area contributed by atoms with E-state index >= 15 is 0 Å². The van der Waals surface area contributed by atoms with Crippen molar-refractivity contribution in [3.05, 3.63) is 65.7 Å². The van der Waals surface area contributed by atoms with Crippen molar-refractivity contribution in [1.29, 1.82) is 0 Å². The molecule has 1 aliphatic heterocycles. The fourth-order valence-electron chi connectivity index (χ4n) is 4.39. The molecule has 0 aliphatic carbocycles. The summed E-state index contributed by atoms with van der Waals surface area (Å²) >= 11 is 0. The van der Waals surface area contributed by atoms with Crippen molar-refractivity contribution < 1.29 is 19.7 Å². The molecule has 0 bridgehead atoms. The van der Waals surface area contributed by atoms with Crippen LogP contribution in [-0.4, -0.2) is 47.8 Å². The molecule has 3 rings (SSSR count). The summed E-state index contributed by atoms with van der Waals surface area (Å²) in [7, 11) is 1.37. The van der Waals surface area contributed by atoms with E-state index in [4.69, 9.17) is 4.74 Å². The third-order valence-corrected chi connectivity index (χ3v) is 6.55. The van der Waals surface area contributed by atoms with E-state index < -0.39 is 18.0 Å². The van der Waals surface area contributed by atoms with Gasteiger partial charge in [0.05, 0.1) is 19.1 Å². The summed E-state index contributed by atoms with van der Waals surface area (Å²) in [6.07, 6.45) is 0.00535. The highest BCUT2D eigenvalue weighted by Crippen LogP contribution is 2.40. The highest BCUT2D eigenvalue weighted by Gasteiger charge is 2.40. The quantitative estimate of drug-likeness (QED) is 0.730. The fraction of sp³-hybridized carbons (Fsp3) is 0.458. The van der Waals surface area contributed by atoms with E-state index in [9.17, 15) is 15.0 Å². The van der Waals surface area contributed by atoms with Crippen molar-refractivity contribution >= 4 is 5.97 Å². The van der Waals surface area contributed by atoms with Gasteiger partial charge in [0.1, 0.15) is 5.75 Å². The highest BCUT2D eigenvalue weighted by molar-refractivity contribution is 5.73. The topological polar surface area (TPSA) is 70.0 Å². The number of benzene rings is 2. The number of phenolic OH excluding ortho intramolecular Hbond substituents is 1. The molecule has 0 spiro atoms. The van der Waals surface area contributed by atoms with Gasteiger partial charge in [-0.25, -0.2) is 0 Å². The second-order valence-corrected chi connectivity index (χ2v) is 8.36. The molecule has 5 heteroatoms. The van der Waals surface area contributed by atoms with E-state index in [2.05, 4.69) is 24.8 Å². The van der Waals surface area contributed by atoms with E-state index in [1.54, 1.807) is 6.07 Å². The van der Waals surface area contributed by atoms with Crippen LogP contribution in [0.1, 0.15) is 37.5 Å². The zero-order valence-electron chi connectivity index (χ0n) is 17.4. The number of hydrogen-bond donors (Lipinski definition) is 2. The predicted octanol–water partition coefficient (Wildman–Crippen LogP) is 3.51. The summed E-state index contributed by atoms with van der Waals surface area (Å²) in [5.41, 5.74) is 1.81. The lowest BCUT2D eigenvalue weighted by molar-refractivity contribution is -0.151. The lowest BCUT2D eigenvalue weighted by Crippen LogP contribution is -2.49. The number of esters is 1. The smallest absolute Gasteiger partial charge is 0.312 e. The zero-order valence-corrected chi connectivity index (χ0v) is 17.4. The minimum atomic E-state index is -0.904. The van der Waals surface area contributed by atoms with E-state index in [1.165, 1.54) is 7.11 Å². The second kappa shape index (κ2) is 8.97. The van der Waals surface area contributed by atoms with Crippen molar-refractivity contribution in [2.75, 3.05) is 26.7 Å². The summed E-state index contributed by atoms with van der Waals surface area (Å²) in [6, 6.07) is 16.8. The first-order valence-electron chi connectivity index (χ1n) is 10.2. The Morgan fingerprint density at radius 3 is 2.59 bits per heavy atom. The molecule has 0 radical (unpaired) electrons. The number of ether oxygens (including phenoxy) is 1. The van der Waals surface area contributed by atoms with Crippen molar-refractivity contribution in [3.63, 3.8) is 0 Å². The molecule has 2 aromatic rings. The van der Waals surface area contributed by atoms with Gasteiger partial charge in [0.15, 0.2) is 0 Å². The number of aliphatic hydroxyl groups is 1. The van der Waals surface area contributed by atoms with Crippen LogP contribution in [-0.2, 0) is 14.9 Å². The van der Waals surface area contributed by atoms with E-state index in [0.717, 1.165) is 30.6 Å². The number of methoxy groups -OCH3 is 1. The van der Waals surface area contributed by atoms with Gasteiger partial charge in [-0.1, -0.05) is 56.3 Å². The SMILES string of the molecule is COC(=O)[C@@H](CN1CC[C@@](C)(c2cccc(O)c2)[C@@H](C)C1)[C@@H](O)c1ccccc1. The number of phenols is 1. The summed E-state index contributed by atoms with van der Waals surface area (Å²) in [5, 5.41) is 20.7. The maximum atomic E-state index is 12.4. The molecule has 0 unspecified atom stereocenters. The number of carbonyl (C=O) groups is 1. The first kappa shape index (κ1) is 21.3. The van der Waals surface area contributed by atoms with Gasteiger partial charge in [0.2, 0.25) is 0 Å². The van der Waals surface area contributed by atoms with Crippen molar-refractivity contribution in [1.82, 2.24) is 4.90 Å². The molecule has 29 heavy (non-hydrogen) atoms. The molecule has 0 aromatic heterocycles. The Kier molecular flexibility index (Phi) is 6.60. The van der Waals surface area contributed by atoms with Crippen molar-refractivity contribution in [3.8, 4) is 5.75 Å². The Balaban J connectivity index is 1.73. The van der Waals surface area contributed by atoms with Crippen LogP contribution in [0.2, 0.25) is 0 Å². The molecular weight excluding hydrogens is 366 g/mol. The van der Waals surface area contributed by atoms with Gasteiger partial charge in [-0.05, 0) is 47.6 Å². The number of rotatable bonds is 6. The number of aliphatic hydroxyl groups excluding tert-OH is 1. The van der Waals surface area contributed by atoms with Gasteiger partial charge in [-0.3, -0.25) is 4.79 Å². The molecule has 1 aliphatic rings. The van der Waals surface area contributed by atoms with Gasteiger partial charge in [-0.15, -0.1) is 0 Å². The van der Waals surface area contributed by atoms with Gasteiger partial charge in [0, 0.05) is 13.1 Å². The van der Waals surface area contributed by atoms with Crippen LogP contribution in [0, 0.1) is 11.8 Å². The lowest BCUT2D eigenvalue weighted by atomic mass is 9.68. The molecule has 0 amide bonds. The van der Waals surface area contributed by atoms with Crippen molar-refractivity contribution in [2.45, 2.75) is 31.8 Å². The normalized spacial score (nSPS) is 24.6. The maximum absolute atomic E-state index is 12.4.